The summed E-state index contributed by atoms with van der Waals surface area (Å²) in [5, 5.41) is 17.4. The number of anilines is 1. The number of nitrogens with two attached hydrogens (primary N) is 1. The smallest absolute Gasteiger partial charge is 0.272 e. The minimum absolute atomic E-state index is 0.0782. The zero-order chi connectivity index (χ0) is 13.4. The van der Waals surface area contributed by atoms with Crippen molar-refractivity contribution in [1.82, 2.24) is 14.5 Å². The van der Waals surface area contributed by atoms with E-state index in [0.29, 0.717) is 12.8 Å². The van der Waals surface area contributed by atoms with Crippen LogP contribution < -0.4 is 5.73 Å². The first-order valence-electron chi connectivity index (χ1n) is 5.61. The van der Waals surface area contributed by atoms with Crippen LogP contribution in [-0.4, -0.2) is 47.2 Å². The Morgan fingerprint density at radius 1 is 1.44 bits per heavy atom. The number of hydrogen-bond donors (Lipinski definition) is 2. The molecular formula is C9H16N4O3S2. The molecule has 0 amide bonds. The average molecular weight is 292 g/mol. The van der Waals surface area contributed by atoms with Crippen molar-refractivity contribution in [2.45, 2.75) is 35.6 Å². The van der Waals surface area contributed by atoms with Crippen molar-refractivity contribution in [1.29, 1.82) is 0 Å². The highest BCUT2D eigenvalue weighted by atomic mass is 32.2. The molecule has 0 atom stereocenters. The van der Waals surface area contributed by atoms with Crippen LogP contribution in [-0.2, 0) is 10.0 Å². The molecule has 1 fully saturated rings. The molecule has 9 heteroatoms. The molecule has 2 rings (SSSR count). The van der Waals surface area contributed by atoms with E-state index in [1.54, 1.807) is 0 Å². The summed E-state index contributed by atoms with van der Waals surface area (Å²) in [7, 11) is -2.27. The van der Waals surface area contributed by atoms with Gasteiger partial charge in [-0.2, -0.15) is 4.31 Å². The summed E-state index contributed by atoms with van der Waals surface area (Å²) in [4.78, 5) is 0. The Labute approximate surface area is 110 Å². The molecule has 0 aromatic carbocycles. The largest absolute Gasteiger partial charge is 0.389 e. The maximum Gasteiger partial charge on any atom is 0.272 e. The number of rotatable bonds is 4. The summed E-state index contributed by atoms with van der Waals surface area (Å²) < 4.78 is 25.3. The molecule has 3 N–H and O–H groups in total. The average Bonchev–Trinajstić information content (AvgIpc) is 2.87. The fraction of sp³-hybridized carbons (Fsp3) is 0.778. The van der Waals surface area contributed by atoms with Crippen LogP contribution in [0.25, 0.3) is 0 Å². The molecule has 102 valence electrons. The lowest BCUT2D eigenvalue weighted by Gasteiger charge is -2.27. The van der Waals surface area contributed by atoms with Gasteiger partial charge in [-0.1, -0.05) is 24.2 Å². The number of nitrogen functional groups attached to an aromatic ring is 1. The number of aliphatic hydroxyl groups is 1. The number of hydrogen-bond acceptors (Lipinski definition) is 7. The monoisotopic (exact) mass is 292 g/mol. The van der Waals surface area contributed by atoms with Gasteiger partial charge in [-0.15, -0.1) is 10.2 Å². The van der Waals surface area contributed by atoms with Gasteiger partial charge in [-0.05, 0) is 12.8 Å². The molecule has 1 aromatic heterocycles. The Hall–Kier alpha value is -0.770. The Kier molecular flexibility index (Phi) is 3.58. The van der Waals surface area contributed by atoms with Gasteiger partial charge >= 0.3 is 0 Å². The molecule has 0 spiro atoms. The predicted molar refractivity (Wildman–Crippen MR) is 67.6 cm³/mol. The summed E-state index contributed by atoms with van der Waals surface area (Å²) in [6, 6.07) is 0. The Bertz CT molecular complexity index is 522. The first-order valence-corrected chi connectivity index (χ1v) is 7.87. The molecule has 0 unspecified atom stereocenters. The summed E-state index contributed by atoms with van der Waals surface area (Å²) in [6.07, 6.45) is 3.11. The second kappa shape index (κ2) is 4.72. The minimum atomic E-state index is -3.71. The number of likely N-dealkylation sites (N-methyl/N-ethyl adjacent to an activating group) is 1. The van der Waals surface area contributed by atoms with Gasteiger partial charge in [-0.25, -0.2) is 8.42 Å². The third kappa shape index (κ3) is 2.63. The van der Waals surface area contributed by atoms with Crippen molar-refractivity contribution < 1.29 is 13.5 Å². The van der Waals surface area contributed by atoms with E-state index in [9.17, 15) is 13.5 Å². The van der Waals surface area contributed by atoms with Crippen molar-refractivity contribution in [3.63, 3.8) is 0 Å². The van der Waals surface area contributed by atoms with Crippen LogP contribution in [0.15, 0.2) is 4.34 Å². The van der Waals surface area contributed by atoms with Crippen molar-refractivity contribution in [2.24, 2.45) is 0 Å². The molecular weight excluding hydrogens is 276 g/mol. The third-order valence-corrected chi connectivity index (χ3v) is 6.01. The minimum Gasteiger partial charge on any atom is -0.389 e. The second-order valence-electron chi connectivity index (χ2n) is 4.60. The third-order valence-electron chi connectivity index (χ3n) is 3.10. The van der Waals surface area contributed by atoms with Crippen LogP contribution in [0.5, 0.6) is 0 Å². The van der Waals surface area contributed by atoms with Crippen LogP contribution in [0.2, 0.25) is 0 Å². The lowest BCUT2D eigenvalue weighted by atomic mass is 10.0. The topological polar surface area (TPSA) is 109 Å². The molecule has 1 aromatic rings. The summed E-state index contributed by atoms with van der Waals surface area (Å²) in [5.74, 6) is 0. The van der Waals surface area contributed by atoms with Crippen LogP contribution in [0.4, 0.5) is 5.13 Å². The molecule has 0 radical (unpaired) electrons. The van der Waals surface area contributed by atoms with Crippen LogP contribution in [0.1, 0.15) is 25.7 Å². The first-order chi connectivity index (χ1) is 8.33. The Balaban J connectivity index is 2.15. The van der Waals surface area contributed by atoms with Crippen LogP contribution in [0, 0.1) is 0 Å². The van der Waals surface area contributed by atoms with Crippen molar-refractivity contribution in [3.8, 4) is 0 Å². The van der Waals surface area contributed by atoms with Crippen molar-refractivity contribution in [2.75, 3.05) is 19.3 Å². The van der Waals surface area contributed by atoms with E-state index in [2.05, 4.69) is 10.2 Å². The van der Waals surface area contributed by atoms with E-state index in [4.69, 9.17) is 5.73 Å². The van der Waals surface area contributed by atoms with Gasteiger partial charge in [0.05, 0.1) is 5.60 Å². The Morgan fingerprint density at radius 2 is 2.06 bits per heavy atom. The number of aromatic nitrogens is 2. The lowest BCUT2D eigenvalue weighted by molar-refractivity contribution is 0.0333. The van der Waals surface area contributed by atoms with Crippen molar-refractivity contribution in [3.05, 3.63) is 0 Å². The standard InChI is InChI=1S/C9H16N4O3S2/c1-13(6-9(14)4-2-3-5-9)18(15,16)8-12-11-7(10)17-8/h14H,2-6H2,1H3,(H2,10,11). The Morgan fingerprint density at radius 3 is 2.56 bits per heavy atom. The SMILES string of the molecule is CN(CC1(O)CCCC1)S(=O)(=O)c1nnc(N)s1. The molecule has 7 nitrogen and oxygen atoms in total. The molecule has 1 heterocycles. The first kappa shape index (κ1) is 13.7. The van der Waals surface area contributed by atoms with E-state index in [1.165, 1.54) is 7.05 Å². The van der Waals surface area contributed by atoms with Crippen molar-refractivity contribution >= 4 is 26.5 Å². The maximum atomic E-state index is 12.1. The summed E-state index contributed by atoms with van der Waals surface area (Å²) in [6.45, 7) is 0.0782. The second-order valence-corrected chi connectivity index (χ2v) is 7.83. The molecule has 1 aliphatic rings. The number of nitrogens with zero attached hydrogens (tertiary/aromatic N) is 3. The van der Waals surface area contributed by atoms with Crippen LogP contribution in [0.3, 0.4) is 0 Å². The fourth-order valence-corrected chi connectivity index (χ4v) is 4.37. The van der Waals surface area contributed by atoms with E-state index in [1.807, 2.05) is 0 Å². The van der Waals surface area contributed by atoms with Crippen LogP contribution >= 0.6 is 11.3 Å². The summed E-state index contributed by atoms with van der Waals surface area (Å²) in [5.41, 5.74) is 4.46. The van der Waals surface area contributed by atoms with E-state index in [0.717, 1.165) is 28.5 Å². The highest BCUT2D eigenvalue weighted by Gasteiger charge is 2.36. The molecule has 1 saturated carbocycles. The van der Waals surface area contributed by atoms with Gasteiger partial charge in [0.25, 0.3) is 10.0 Å². The number of sulfonamides is 1. The predicted octanol–water partition coefficient (Wildman–Crippen LogP) is 0.0459. The highest BCUT2D eigenvalue weighted by Crippen LogP contribution is 2.31. The van der Waals surface area contributed by atoms with Gasteiger partial charge < -0.3 is 10.8 Å². The molecule has 0 bridgehead atoms. The molecule has 0 aliphatic heterocycles. The van der Waals surface area contributed by atoms with E-state index >= 15 is 0 Å². The van der Waals surface area contributed by atoms with Gasteiger partial charge in [0.1, 0.15) is 0 Å². The lowest BCUT2D eigenvalue weighted by Crippen LogP contribution is -2.41. The van der Waals surface area contributed by atoms with E-state index in [-0.39, 0.29) is 16.0 Å². The molecule has 1 aliphatic carbocycles. The van der Waals surface area contributed by atoms with Gasteiger partial charge in [0.2, 0.25) is 9.47 Å². The normalized spacial score (nSPS) is 19.5. The van der Waals surface area contributed by atoms with E-state index < -0.39 is 15.6 Å². The molecule has 18 heavy (non-hydrogen) atoms. The zero-order valence-corrected chi connectivity index (χ0v) is 11.7. The fourth-order valence-electron chi connectivity index (χ4n) is 2.15. The van der Waals surface area contributed by atoms with Gasteiger partial charge in [-0.3, -0.25) is 0 Å². The molecule has 0 saturated heterocycles. The zero-order valence-electron chi connectivity index (χ0n) is 10.0. The summed E-state index contributed by atoms with van der Waals surface area (Å²) >= 11 is 0.824. The quantitative estimate of drug-likeness (QED) is 0.811. The highest BCUT2D eigenvalue weighted by molar-refractivity contribution is 7.91. The van der Waals surface area contributed by atoms with Gasteiger partial charge in [0.15, 0.2) is 0 Å². The van der Waals surface area contributed by atoms with Gasteiger partial charge in [0, 0.05) is 13.6 Å². The maximum absolute atomic E-state index is 12.1.